The average molecular weight is 433 g/mol. The minimum atomic E-state index is -1.05. The largest absolute Gasteiger partial charge is 0.383 e. The molecule has 31 heavy (non-hydrogen) atoms. The number of imide groups is 1. The van der Waals surface area contributed by atoms with E-state index in [2.05, 4.69) is 10.6 Å². The highest BCUT2D eigenvalue weighted by Crippen LogP contribution is 2.15. The molecule has 166 valence electrons. The summed E-state index contributed by atoms with van der Waals surface area (Å²) in [5, 5.41) is 5.37. The van der Waals surface area contributed by atoms with Crippen molar-refractivity contribution in [2.75, 3.05) is 31.7 Å². The summed E-state index contributed by atoms with van der Waals surface area (Å²) >= 11 is 0. The molecule has 2 N–H and O–H groups in total. The Morgan fingerprint density at radius 3 is 2.32 bits per heavy atom. The highest BCUT2D eigenvalue weighted by atomic mass is 19.1. The van der Waals surface area contributed by atoms with Gasteiger partial charge in [-0.05, 0) is 36.8 Å². The maximum absolute atomic E-state index is 13.3. The van der Waals surface area contributed by atoms with Gasteiger partial charge in [0.15, 0.2) is 0 Å². The second-order valence-corrected chi connectivity index (χ2v) is 6.82. The van der Waals surface area contributed by atoms with Crippen molar-refractivity contribution in [1.82, 2.24) is 10.6 Å². The molecule has 2 aromatic rings. The first kappa shape index (κ1) is 24.1. The van der Waals surface area contributed by atoms with Crippen LogP contribution in [0.4, 0.5) is 14.5 Å². The summed E-state index contributed by atoms with van der Waals surface area (Å²) in [5.74, 6) is -3.34. The van der Waals surface area contributed by atoms with Crippen LogP contribution >= 0.6 is 0 Å². The van der Waals surface area contributed by atoms with E-state index in [1.165, 1.54) is 14.0 Å². The number of hydrogen-bond donors (Lipinski definition) is 2. The first-order chi connectivity index (χ1) is 14.8. The van der Waals surface area contributed by atoms with Crippen LogP contribution in [0.5, 0.6) is 0 Å². The van der Waals surface area contributed by atoms with Crippen molar-refractivity contribution >= 4 is 23.4 Å². The number of carbonyl (C=O) groups is 3. The number of carbonyl (C=O) groups excluding carboxylic acids is 3. The molecule has 0 aliphatic carbocycles. The van der Waals surface area contributed by atoms with E-state index >= 15 is 0 Å². The van der Waals surface area contributed by atoms with Crippen molar-refractivity contribution < 1.29 is 27.9 Å². The summed E-state index contributed by atoms with van der Waals surface area (Å²) in [4.78, 5) is 39.0. The van der Waals surface area contributed by atoms with Gasteiger partial charge in [-0.25, -0.2) is 13.7 Å². The van der Waals surface area contributed by atoms with E-state index in [0.717, 1.165) is 17.0 Å². The number of anilines is 1. The molecular formula is C22H25F2N3O4. The monoisotopic (exact) mass is 433 g/mol. The molecule has 0 fully saturated rings. The first-order valence-corrected chi connectivity index (χ1v) is 9.67. The number of rotatable bonds is 10. The van der Waals surface area contributed by atoms with Crippen LogP contribution in [0.3, 0.4) is 0 Å². The summed E-state index contributed by atoms with van der Waals surface area (Å²) in [6.45, 7) is 2.16. The Hall–Kier alpha value is -3.17. The van der Waals surface area contributed by atoms with Gasteiger partial charge in [0, 0.05) is 19.7 Å². The van der Waals surface area contributed by atoms with Crippen molar-refractivity contribution in [2.45, 2.75) is 19.4 Å². The molecule has 0 unspecified atom stereocenters. The van der Waals surface area contributed by atoms with Crippen LogP contribution in [0.25, 0.3) is 0 Å². The fourth-order valence-corrected chi connectivity index (χ4v) is 2.87. The Morgan fingerprint density at radius 1 is 1.06 bits per heavy atom. The minimum Gasteiger partial charge on any atom is -0.383 e. The molecule has 1 atom stereocenters. The molecule has 7 nitrogen and oxygen atoms in total. The van der Waals surface area contributed by atoms with Gasteiger partial charge >= 0.3 is 0 Å². The summed E-state index contributed by atoms with van der Waals surface area (Å²) in [7, 11) is 1.53. The lowest BCUT2D eigenvalue weighted by Crippen LogP contribution is -2.51. The van der Waals surface area contributed by atoms with Gasteiger partial charge in [0.1, 0.15) is 17.7 Å². The first-order valence-electron chi connectivity index (χ1n) is 9.67. The van der Waals surface area contributed by atoms with Crippen LogP contribution in [-0.4, -0.2) is 50.6 Å². The number of para-hydroxylation sites is 1. The van der Waals surface area contributed by atoms with Crippen LogP contribution in [-0.2, 0) is 25.5 Å². The van der Waals surface area contributed by atoms with Gasteiger partial charge in [-0.15, -0.1) is 0 Å². The Morgan fingerprint density at radius 2 is 1.71 bits per heavy atom. The number of hydrogen-bond acceptors (Lipinski definition) is 5. The molecule has 0 saturated heterocycles. The fraction of sp³-hybridized carbons (Fsp3) is 0.318. The molecule has 2 rings (SSSR count). The third kappa shape index (κ3) is 7.54. The minimum absolute atomic E-state index is 0.104. The van der Waals surface area contributed by atoms with Gasteiger partial charge in [-0.3, -0.25) is 14.4 Å². The normalized spacial score (nSPS) is 11.6. The molecule has 0 heterocycles. The molecule has 0 saturated carbocycles. The summed E-state index contributed by atoms with van der Waals surface area (Å²) < 4.78 is 31.5. The second kappa shape index (κ2) is 11.9. The van der Waals surface area contributed by atoms with Gasteiger partial charge in [-0.2, -0.15) is 0 Å². The third-order valence-corrected chi connectivity index (χ3v) is 4.28. The Labute approximate surface area is 179 Å². The number of amides is 3. The number of ether oxygens (including phenoxy) is 1. The maximum atomic E-state index is 13.3. The van der Waals surface area contributed by atoms with Crippen molar-refractivity contribution in [2.24, 2.45) is 0 Å². The molecular weight excluding hydrogens is 408 g/mol. The van der Waals surface area contributed by atoms with Crippen molar-refractivity contribution in [3.8, 4) is 0 Å². The second-order valence-electron chi connectivity index (χ2n) is 6.82. The van der Waals surface area contributed by atoms with Crippen LogP contribution in [0.1, 0.15) is 12.5 Å². The van der Waals surface area contributed by atoms with Crippen LogP contribution in [0.2, 0.25) is 0 Å². The van der Waals surface area contributed by atoms with E-state index in [0.29, 0.717) is 24.9 Å². The Bertz CT molecular complexity index is 889. The molecule has 0 bridgehead atoms. The number of nitrogens with zero attached hydrogens (tertiary/aromatic N) is 1. The van der Waals surface area contributed by atoms with Crippen LogP contribution in [0, 0.1) is 11.6 Å². The molecule has 0 radical (unpaired) electrons. The topological polar surface area (TPSA) is 87.7 Å². The van der Waals surface area contributed by atoms with Gasteiger partial charge in [-0.1, -0.05) is 18.2 Å². The summed E-state index contributed by atoms with van der Waals surface area (Å²) in [6.07, 6.45) is -0.315. The molecule has 0 spiro atoms. The molecule has 3 amide bonds. The summed E-state index contributed by atoms with van der Waals surface area (Å²) in [6, 6.07) is 10.1. The van der Waals surface area contributed by atoms with E-state index in [1.807, 2.05) is 0 Å². The molecule has 9 heteroatoms. The van der Waals surface area contributed by atoms with Crippen LogP contribution < -0.4 is 15.5 Å². The fourth-order valence-electron chi connectivity index (χ4n) is 2.87. The van der Waals surface area contributed by atoms with E-state index in [1.54, 1.807) is 30.3 Å². The van der Waals surface area contributed by atoms with E-state index < -0.39 is 35.4 Å². The average Bonchev–Trinajstić information content (AvgIpc) is 2.71. The lowest BCUT2D eigenvalue weighted by molar-refractivity contribution is -0.130. The smallest absolute Gasteiger partial charge is 0.256 e. The van der Waals surface area contributed by atoms with E-state index in [9.17, 15) is 23.2 Å². The van der Waals surface area contributed by atoms with Gasteiger partial charge in [0.2, 0.25) is 11.8 Å². The highest BCUT2D eigenvalue weighted by Gasteiger charge is 2.28. The van der Waals surface area contributed by atoms with Gasteiger partial charge in [0.25, 0.3) is 5.91 Å². The van der Waals surface area contributed by atoms with Crippen molar-refractivity contribution in [3.63, 3.8) is 0 Å². The lowest BCUT2D eigenvalue weighted by Gasteiger charge is -2.25. The zero-order valence-electron chi connectivity index (χ0n) is 17.4. The maximum Gasteiger partial charge on any atom is 0.256 e. The van der Waals surface area contributed by atoms with Crippen molar-refractivity contribution in [3.05, 3.63) is 65.7 Å². The molecule has 2 aromatic carbocycles. The number of benzene rings is 2. The zero-order valence-corrected chi connectivity index (χ0v) is 17.4. The third-order valence-electron chi connectivity index (χ3n) is 4.28. The Balaban J connectivity index is 2.08. The standard InChI is InChI=1S/C22H25F2N3O4/c1-15(26-20(28)12-16-10-17(23)13-18(24)11-16)22(30)27(19-6-4-3-5-7-19)21(29)14-25-8-9-31-2/h3-7,10-11,13,15,25H,8-9,12,14H2,1-2H3,(H,26,28)/t15-/m0/s1. The van der Waals surface area contributed by atoms with Crippen molar-refractivity contribution in [1.29, 1.82) is 0 Å². The predicted octanol–water partition coefficient (Wildman–Crippen LogP) is 1.81. The molecule has 0 aliphatic heterocycles. The quantitative estimate of drug-likeness (QED) is 0.558. The highest BCUT2D eigenvalue weighted by molar-refractivity contribution is 6.17. The molecule has 0 aromatic heterocycles. The van der Waals surface area contributed by atoms with Crippen LogP contribution in [0.15, 0.2) is 48.5 Å². The van der Waals surface area contributed by atoms with E-state index in [-0.39, 0.29) is 18.5 Å². The van der Waals surface area contributed by atoms with Gasteiger partial charge < -0.3 is 15.4 Å². The lowest BCUT2D eigenvalue weighted by atomic mass is 10.1. The van der Waals surface area contributed by atoms with Gasteiger partial charge in [0.05, 0.1) is 25.3 Å². The number of nitrogens with one attached hydrogen (secondary N) is 2. The Kier molecular flexibility index (Phi) is 9.23. The number of methoxy groups -OCH3 is 1. The van der Waals surface area contributed by atoms with E-state index in [4.69, 9.17) is 4.74 Å². The summed E-state index contributed by atoms with van der Waals surface area (Å²) in [5.41, 5.74) is 0.493. The zero-order chi connectivity index (χ0) is 22.8. The molecule has 0 aliphatic rings. The SMILES string of the molecule is COCCNCC(=O)N(C(=O)[C@H](C)NC(=O)Cc1cc(F)cc(F)c1)c1ccccc1. The predicted molar refractivity (Wildman–Crippen MR) is 111 cm³/mol. The number of halogens is 2.